The Kier molecular flexibility index (Phi) is 4.54. The third-order valence-electron chi connectivity index (χ3n) is 2.63. The second-order valence-electron chi connectivity index (χ2n) is 4.24. The van der Waals surface area contributed by atoms with Gasteiger partial charge in [-0.3, -0.25) is 0 Å². The molecule has 0 aromatic heterocycles. The van der Waals surface area contributed by atoms with Gasteiger partial charge in [0, 0.05) is 0 Å². The molecule has 0 bridgehead atoms. The van der Waals surface area contributed by atoms with Crippen molar-refractivity contribution in [2.45, 2.75) is 24.3 Å². The maximum absolute atomic E-state index is 13.2. The topological polar surface area (TPSA) is 46.2 Å². The van der Waals surface area contributed by atoms with Crippen LogP contribution in [0.1, 0.15) is 22.7 Å². The van der Waals surface area contributed by atoms with Crippen LogP contribution in [-0.4, -0.2) is 17.6 Å². The molecule has 1 aromatic carbocycles. The summed E-state index contributed by atoms with van der Waals surface area (Å²) in [7, 11) is 0. The van der Waals surface area contributed by atoms with Gasteiger partial charge in [-0.05, 0) is 23.8 Å². The molecule has 0 aliphatic heterocycles. The van der Waals surface area contributed by atoms with E-state index in [0.29, 0.717) is 0 Å². The third kappa shape index (κ3) is 4.03. The monoisotopic (exact) mass is 323 g/mol. The molecular formula is C11H9F8NO. The highest BCUT2D eigenvalue weighted by atomic mass is 19.4. The molecule has 21 heavy (non-hydrogen) atoms. The van der Waals surface area contributed by atoms with E-state index < -0.39 is 47.6 Å². The zero-order valence-electron chi connectivity index (χ0n) is 10.1. The molecule has 10 heteroatoms. The van der Waals surface area contributed by atoms with Gasteiger partial charge in [-0.1, -0.05) is 0 Å². The van der Waals surface area contributed by atoms with Gasteiger partial charge in [0.25, 0.3) is 5.92 Å². The minimum atomic E-state index is -5.16. The van der Waals surface area contributed by atoms with Crippen molar-refractivity contribution in [2.24, 2.45) is 5.73 Å². The first kappa shape index (κ1) is 17.6. The Bertz CT molecular complexity index is 476. The summed E-state index contributed by atoms with van der Waals surface area (Å²) in [6.07, 6.45) is -10.3. The predicted molar refractivity (Wildman–Crippen MR) is 55.4 cm³/mol. The molecular weight excluding hydrogens is 314 g/mol. The van der Waals surface area contributed by atoms with Crippen molar-refractivity contribution >= 4 is 0 Å². The van der Waals surface area contributed by atoms with Crippen molar-refractivity contribution in [3.8, 4) is 0 Å². The van der Waals surface area contributed by atoms with E-state index in [0.717, 1.165) is 0 Å². The number of nitrogens with two attached hydrogens (primary N) is 1. The van der Waals surface area contributed by atoms with Crippen molar-refractivity contribution in [3.63, 3.8) is 0 Å². The Hall–Kier alpha value is -1.42. The summed E-state index contributed by atoms with van der Waals surface area (Å²) in [5.74, 6) is -4.06. The smallest absolute Gasteiger partial charge is 0.390 e. The SMILES string of the molecule is N[C@@H](c1cc(C(F)(F)F)cc(C(F)(F)F)c1)C(F)(F)CO. The molecule has 1 rings (SSSR count). The summed E-state index contributed by atoms with van der Waals surface area (Å²) in [4.78, 5) is 0. The Labute approximate surface area is 113 Å². The predicted octanol–water partition coefficient (Wildman–Crippen LogP) is 3.35. The maximum Gasteiger partial charge on any atom is 0.416 e. The van der Waals surface area contributed by atoms with E-state index in [1.807, 2.05) is 0 Å². The maximum atomic E-state index is 13.2. The number of hydrogen-bond acceptors (Lipinski definition) is 2. The highest BCUT2D eigenvalue weighted by Crippen LogP contribution is 2.39. The molecule has 0 heterocycles. The van der Waals surface area contributed by atoms with E-state index in [2.05, 4.69) is 0 Å². The minimum absolute atomic E-state index is 0.101. The molecule has 0 spiro atoms. The van der Waals surface area contributed by atoms with Crippen molar-refractivity contribution in [1.29, 1.82) is 0 Å². The first-order valence-electron chi connectivity index (χ1n) is 5.32. The van der Waals surface area contributed by atoms with Crippen LogP contribution in [0.2, 0.25) is 0 Å². The molecule has 0 fully saturated rings. The molecule has 0 aliphatic rings. The molecule has 0 saturated heterocycles. The lowest BCUT2D eigenvalue weighted by atomic mass is 9.96. The minimum Gasteiger partial charge on any atom is -0.390 e. The number of halogens is 8. The van der Waals surface area contributed by atoms with Crippen molar-refractivity contribution < 1.29 is 40.2 Å². The molecule has 0 amide bonds. The second kappa shape index (κ2) is 5.41. The second-order valence-corrected chi connectivity index (χ2v) is 4.24. The van der Waals surface area contributed by atoms with Gasteiger partial charge in [0.1, 0.15) is 6.61 Å². The van der Waals surface area contributed by atoms with Crippen LogP contribution in [0.5, 0.6) is 0 Å². The molecule has 120 valence electrons. The highest BCUT2D eigenvalue weighted by Gasteiger charge is 2.41. The van der Waals surface area contributed by atoms with Crippen LogP contribution in [0.15, 0.2) is 18.2 Å². The average Bonchev–Trinajstić information content (AvgIpc) is 2.35. The van der Waals surface area contributed by atoms with E-state index in [1.54, 1.807) is 0 Å². The molecule has 1 atom stereocenters. The fourth-order valence-corrected chi connectivity index (χ4v) is 1.50. The standard InChI is InChI=1S/C11H9F8NO/c12-9(13,4-21)8(20)5-1-6(10(14,15)16)3-7(2-5)11(17,18)19/h1-3,8,21H,4,20H2/t8-/m0/s1. The summed E-state index contributed by atoms with van der Waals surface area (Å²) in [5.41, 5.74) is 0.384. The van der Waals surface area contributed by atoms with Crippen molar-refractivity contribution in [3.05, 3.63) is 34.9 Å². The summed E-state index contributed by atoms with van der Waals surface area (Å²) in [6, 6.07) is -2.51. The molecule has 0 aliphatic carbocycles. The first-order chi connectivity index (χ1) is 9.29. The lowest BCUT2D eigenvalue weighted by Gasteiger charge is -2.23. The van der Waals surface area contributed by atoms with E-state index >= 15 is 0 Å². The molecule has 0 radical (unpaired) electrons. The number of aliphatic hydroxyl groups is 1. The zero-order chi connectivity index (χ0) is 16.6. The third-order valence-corrected chi connectivity index (χ3v) is 2.63. The summed E-state index contributed by atoms with van der Waals surface area (Å²) in [6.45, 7) is -1.81. The molecule has 3 N–H and O–H groups in total. The Balaban J connectivity index is 3.46. The van der Waals surface area contributed by atoms with Gasteiger partial charge in [0.15, 0.2) is 0 Å². The van der Waals surface area contributed by atoms with Crippen LogP contribution >= 0.6 is 0 Å². The van der Waals surface area contributed by atoms with Gasteiger partial charge in [0.05, 0.1) is 17.2 Å². The van der Waals surface area contributed by atoms with Crippen molar-refractivity contribution in [2.75, 3.05) is 6.61 Å². The number of aliphatic hydroxyl groups excluding tert-OH is 1. The van der Waals surface area contributed by atoms with E-state index in [1.165, 1.54) is 0 Å². The number of alkyl halides is 8. The zero-order valence-corrected chi connectivity index (χ0v) is 10.1. The van der Waals surface area contributed by atoms with Crippen LogP contribution < -0.4 is 5.73 Å². The van der Waals surface area contributed by atoms with Gasteiger partial charge in [-0.2, -0.15) is 26.3 Å². The molecule has 2 nitrogen and oxygen atoms in total. The van der Waals surface area contributed by atoms with Crippen LogP contribution in [0, 0.1) is 0 Å². The van der Waals surface area contributed by atoms with E-state index in [-0.39, 0.29) is 18.2 Å². The normalized spacial score (nSPS) is 15.1. The Morgan fingerprint density at radius 2 is 1.24 bits per heavy atom. The Morgan fingerprint density at radius 1 is 0.857 bits per heavy atom. The van der Waals surface area contributed by atoms with Gasteiger partial charge in [-0.15, -0.1) is 0 Å². The average molecular weight is 323 g/mol. The van der Waals surface area contributed by atoms with E-state index in [9.17, 15) is 35.1 Å². The Morgan fingerprint density at radius 3 is 1.52 bits per heavy atom. The number of benzene rings is 1. The fraction of sp³-hybridized carbons (Fsp3) is 0.455. The largest absolute Gasteiger partial charge is 0.416 e. The lowest BCUT2D eigenvalue weighted by molar-refractivity contribution is -0.143. The van der Waals surface area contributed by atoms with Crippen LogP contribution in [0.3, 0.4) is 0 Å². The fourth-order valence-electron chi connectivity index (χ4n) is 1.50. The highest BCUT2D eigenvalue weighted by molar-refractivity contribution is 5.36. The van der Waals surface area contributed by atoms with Gasteiger partial charge >= 0.3 is 12.4 Å². The number of rotatable bonds is 3. The summed E-state index contributed by atoms with van der Waals surface area (Å²) < 4.78 is 101. The first-order valence-corrected chi connectivity index (χ1v) is 5.32. The van der Waals surface area contributed by atoms with Gasteiger partial charge in [-0.25, -0.2) is 8.78 Å². The van der Waals surface area contributed by atoms with Gasteiger partial charge in [0.2, 0.25) is 0 Å². The van der Waals surface area contributed by atoms with Gasteiger partial charge < -0.3 is 10.8 Å². The van der Waals surface area contributed by atoms with Crippen molar-refractivity contribution in [1.82, 2.24) is 0 Å². The molecule has 0 unspecified atom stereocenters. The lowest BCUT2D eigenvalue weighted by Crippen LogP contribution is -2.36. The quantitative estimate of drug-likeness (QED) is 0.838. The molecule has 1 aromatic rings. The van der Waals surface area contributed by atoms with E-state index in [4.69, 9.17) is 10.8 Å². The van der Waals surface area contributed by atoms with Crippen LogP contribution in [-0.2, 0) is 12.4 Å². The molecule has 0 saturated carbocycles. The summed E-state index contributed by atoms with van der Waals surface area (Å²) in [5, 5.41) is 8.41. The number of hydrogen-bond donors (Lipinski definition) is 2. The summed E-state index contributed by atoms with van der Waals surface area (Å²) >= 11 is 0. The van der Waals surface area contributed by atoms with Crippen LogP contribution in [0.25, 0.3) is 0 Å². The van der Waals surface area contributed by atoms with Crippen LogP contribution in [0.4, 0.5) is 35.1 Å².